The lowest BCUT2D eigenvalue weighted by Crippen LogP contribution is -2.50. The van der Waals surface area contributed by atoms with Crippen LogP contribution in [-0.4, -0.2) is 29.1 Å². The van der Waals surface area contributed by atoms with Gasteiger partial charge in [0.2, 0.25) is 0 Å². The third-order valence-electron chi connectivity index (χ3n) is 4.19. The zero-order chi connectivity index (χ0) is 19.0. The lowest BCUT2D eigenvalue weighted by atomic mass is 10.00. The molecule has 0 aliphatic carbocycles. The van der Waals surface area contributed by atoms with Gasteiger partial charge in [-0.1, -0.05) is 72.8 Å². The van der Waals surface area contributed by atoms with E-state index in [-0.39, 0.29) is 11.5 Å². The zero-order valence-electron chi connectivity index (χ0n) is 16.2. The van der Waals surface area contributed by atoms with E-state index in [2.05, 4.69) is 37.8 Å². The van der Waals surface area contributed by atoms with E-state index in [9.17, 15) is 4.79 Å². The topological polar surface area (TPSA) is 29.5 Å². The summed E-state index contributed by atoms with van der Waals surface area (Å²) in [4.78, 5) is 14.9. The number of hydrogen-bond acceptors (Lipinski definition) is 3. The van der Waals surface area contributed by atoms with E-state index in [0.717, 1.165) is 5.56 Å². The predicted octanol–water partition coefficient (Wildman–Crippen LogP) is 4.93. The summed E-state index contributed by atoms with van der Waals surface area (Å²) in [6.45, 7) is 9.26. The van der Waals surface area contributed by atoms with E-state index in [4.69, 9.17) is 4.74 Å². The minimum Gasteiger partial charge on any atom is -0.465 e. The normalized spacial score (nSPS) is 13.1. The van der Waals surface area contributed by atoms with Crippen LogP contribution in [0, 0.1) is 0 Å². The summed E-state index contributed by atoms with van der Waals surface area (Å²) < 4.78 is 5.37. The minimum atomic E-state index is -0.449. The third-order valence-corrected chi connectivity index (χ3v) is 4.19. The second-order valence-electron chi connectivity index (χ2n) is 7.25. The molecule has 138 valence electrons. The summed E-state index contributed by atoms with van der Waals surface area (Å²) >= 11 is 0. The van der Waals surface area contributed by atoms with E-state index in [0.29, 0.717) is 13.2 Å². The Morgan fingerprint density at radius 2 is 1.62 bits per heavy atom. The van der Waals surface area contributed by atoms with Gasteiger partial charge in [-0.3, -0.25) is 9.69 Å². The Morgan fingerprint density at radius 3 is 2.15 bits per heavy atom. The Morgan fingerprint density at radius 1 is 1.04 bits per heavy atom. The highest BCUT2D eigenvalue weighted by Gasteiger charge is 2.33. The highest BCUT2D eigenvalue weighted by molar-refractivity contribution is 5.79. The molecular weight excluding hydrogens is 322 g/mol. The first-order valence-corrected chi connectivity index (χ1v) is 9.12. The van der Waals surface area contributed by atoms with Gasteiger partial charge in [0.05, 0.1) is 6.61 Å². The molecule has 2 aromatic carbocycles. The molecule has 1 atom stereocenters. The molecule has 0 aliphatic rings. The predicted molar refractivity (Wildman–Crippen MR) is 108 cm³/mol. The van der Waals surface area contributed by atoms with Gasteiger partial charge >= 0.3 is 5.97 Å². The van der Waals surface area contributed by atoms with Crippen molar-refractivity contribution in [2.45, 2.75) is 45.8 Å². The van der Waals surface area contributed by atoms with E-state index in [1.807, 2.05) is 67.6 Å². The summed E-state index contributed by atoms with van der Waals surface area (Å²) in [5.41, 5.74) is 2.04. The Labute approximate surface area is 157 Å². The maximum atomic E-state index is 12.7. The molecule has 0 bridgehead atoms. The van der Waals surface area contributed by atoms with Crippen molar-refractivity contribution in [1.29, 1.82) is 0 Å². The Balaban J connectivity index is 2.34. The quantitative estimate of drug-likeness (QED) is 0.662. The first kappa shape index (κ1) is 19.9. The first-order chi connectivity index (χ1) is 12.4. The number of carbonyl (C=O) groups excluding carboxylic acids is 1. The smallest absolute Gasteiger partial charge is 0.327 e. The number of rotatable bonds is 7. The van der Waals surface area contributed by atoms with Crippen LogP contribution in [0.4, 0.5) is 0 Å². The van der Waals surface area contributed by atoms with Crippen molar-refractivity contribution in [2.24, 2.45) is 0 Å². The van der Waals surface area contributed by atoms with Crippen molar-refractivity contribution in [3.8, 4) is 0 Å². The average molecular weight is 351 g/mol. The standard InChI is InChI=1S/C23H29NO2/c1-5-26-22(25)21(17-16-19-12-8-6-9-13-19)24(23(2,3)4)18-20-14-10-7-11-15-20/h6-17,21H,5,18H2,1-4H3/b17-16+. The van der Waals surface area contributed by atoms with Crippen LogP contribution in [0.15, 0.2) is 66.7 Å². The second kappa shape index (κ2) is 9.35. The fourth-order valence-corrected chi connectivity index (χ4v) is 2.84. The van der Waals surface area contributed by atoms with Gasteiger partial charge in [-0.05, 0) is 38.8 Å². The van der Waals surface area contributed by atoms with Crippen molar-refractivity contribution >= 4 is 12.0 Å². The molecule has 26 heavy (non-hydrogen) atoms. The zero-order valence-corrected chi connectivity index (χ0v) is 16.2. The maximum absolute atomic E-state index is 12.7. The average Bonchev–Trinajstić information content (AvgIpc) is 2.62. The van der Waals surface area contributed by atoms with Gasteiger partial charge in [-0.2, -0.15) is 0 Å². The van der Waals surface area contributed by atoms with Crippen LogP contribution < -0.4 is 0 Å². The molecular formula is C23H29NO2. The van der Waals surface area contributed by atoms with Crippen molar-refractivity contribution in [1.82, 2.24) is 4.90 Å². The molecule has 0 saturated carbocycles. The number of esters is 1. The fourth-order valence-electron chi connectivity index (χ4n) is 2.84. The van der Waals surface area contributed by atoms with Crippen molar-refractivity contribution < 1.29 is 9.53 Å². The fraction of sp³-hybridized carbons (Fsp3) is 0.348. The van der Waals surface area contributed by atoms with Crippen LogP contribution in [-0.2, 0) is 16.1 Å². The van der Waals surface area contributed by atoms with E-state index >= 15 is 0 Å². The highest BCUT2D eigenvalue weighted by Crippen LogP contribution is 2.23. The SMILES string of the molecule is CCOC(=O)C(/C=C/c1ccccc1)N(Cc1ccccc1)C(C)(C)C. The Bertz CT molecular complexity index is 702. The summed E-state index contributed by atoms with van der Waals surface area (Å²) in [5.74, 6) is -0.217. The lowest BCUT2D eigenvalue weighted by Gasteiger charge is -2.39. The molecule has 0 amide bonds. The van der Waals surface area contributed by atoms with Crippen molar-refractivity contribution in [3.05, 3.63) is 77.9 Å². The van der Waals surface area contributed by atoms with Crippen molar-refractivity contribution in [3.63, 3.8) is 0 Å². The van der Waals surface area contributed by atoms with E-state index < -0.39 is 6.04 Å². The molecule has 0 fully saturated rings. The highest BCUT2D eigenvalue weighted by atomic mass is 16.5. The van der Waals surface area contributed by atoms with Crippen LogP contribution in [0.25, 0.3) is 6.08 Å². The molecule has 0 spiro atoms. The summed E-state index contributed by atoms with van der Waals surface area (Å²) in [5, 5.41) is 0. The molecule has 0 saturated heterocycles. The number of nitrogens with zero attached hydrogens (tertiary/aromatic N) is 1. The molecule has 0 aliphatic heterocycles. The largest absolute Gasteiger partial charge is 0.465 e. The maximum Gasteiger partial charge on any atom is 0.327 e. The Hall–Kier alpha value is -2.39. The lowest BCUT2D eigenvalue weighted by molar-refractivity contribution is -0.149. The monoisotopic (exact) mass is 351 g/mol. The van der Waals surface area contributed by atoms with E-state index in [1.54, 1.807) is 0 Å². The van der Waals surface area contributed by atoms with Gasteiger partial charge < -0.3 is 4.74 Å². The van der Waals surface area contributed by atoms with Crippen molar-refractivity contribution in [2.75, 3.05) is 6.61 Å². The van der Waals surface area contributed by atoms with Gasteiger partial charge in [0.25, 0.3) is 0 Å². The molecule has 2 aromatic rings. The van der Waals surface area contributed by atoms with Gasteiger partial charge in [0, 0.05) is 12.1 Å². The Kier molecular flexibility index (Phi) is 7.16. The summed E-state index contributed by atoms with van der Waals surface area (Å²) in [6.07, 6.45) is 3.94. The minimum absolute atomic E-state index is 0.200. The van der Waals surface area contributed by atoms with Gasteiger partial charge in [0.1, 0.15) is 6.04 Å². The molecule has 0 N–H and O–H groups in total. The third kappa shape index (κ3) is 5.85. The molecule has 0 heterocycles. The van der Waals surface area contributed by atoms with Gasteiger partial charge in [0.15, 0.2) is 0 Å². The number of carbonyl (C=O) groups is 1. The first-order valence-electron chi connectivity index (χ1n) is 9.12. The van der Waals surface area contributed by atoms with Gasteiger partial charge in [-0.25, -0.2) is 0 Å². The molecule has 0 radical (unpaired) electrons. The molecule has 0 aromatic heterocycles. The summed E-state index contributed by atoms with van der Waals surface area (Å²) in [6, 6.07) is 19.8. The van der Waals surface area contributed by atoms with Gasteiger partial charge in [-0.15, -0.1) is 0 Å². The number of hydrogen-bond donors (Lipinski definition) is 0. The summed E-state index contributed by atoms with van der Waals surface area (Å²) in [7, 11) is 0. The molecule has 2 rings (SSSR count). The van der Waals surface area contributed by atoms with Crippen LogP contribution in [0.1, 0.15) is 38.8 Å². The van der Waals surface area contributed by atoms with Crippen LogP contribution in [0.3, 0.4) is 0 Å². The van der Waals surface area contributed by atoms with Crippen LogP contribution in [0.5, 0.6) is 0 Å². The van der Waals surface area contributed by atoms with Crippen LogP contribution in [0.2, 0.25) is 0 Å². The number of ether oxygens (including phenoxy) is 1. The molecule has 3 nitrogen and oxygen atoms in total. The molecule has 1 unspecified atom stereocenters. The number of benzene rings is 2. The van der Waals surface area contributed by atoms with E-state index in [1.165, 1.54) is 5.56 Å². The molecule has 3 heteroatoms. The second-order valence-corrected chi connectivity index (χ2v) is 7.25. The van der Waals surface area contributed by atoms with Crippen LogP contribution >= 0.6 is 0 Å².